The molecule has 0 aliphatic carbocycles. The monoisotopic (exact) mass is 298 g/mol. The lowest BCUT2D eigenvalue weighted by atomic mass is 9.96. The van der Waals surface area contributed by atoms with Crippen LogP contribution in [0.5, 0.6) is 0 Å². The van der Waals surface area contributed by atoms with Crippen LogP contribution in [-0.4, -0.2) is 33.2 Å². The zero-order chi connectivity index (χ0) is 15.5. The summed E-state index contributed by atoms with van der Waals surface area (Å²) in [5, 5.41) is 26.9. The van der Waals surface area contributed by atoms with Gasteiger partial charge in [0.05, 0.1) is 16.6 Å². The zero-order valence-electron chi connectivity index (χ0n) is 11.8. The van der Waals surface area contributed by atoms with Gasteiger partial charge < -0.3 is 4.90 Å². The van der Waals surface area contributed by atoms with Crippen LogP contribution in [0.15, 0.2) is 24.5 Å². The minimum absolute atomic E-state index is 0.0303. The maximum Gasteiger partial charge on any atom is 0.293 e. The maximum absolute atomic E-state index is 11.3. The van der Waals surface area contributed by atoms with Crippen molar-refractivity contribution >= 4 is 11.4 Å². The number of hydrogen-bond acceptors (Lipinski definition) is 6. The van der Waals surface area contributed by atoms with Crippen molar-refractivity contribution in [1.82, 2.24) is 15.2 Å². The summed E-state index contributed by atoms with van der Waals surface area (Å²) in [6.45, 7) is 1.39. The molecule has 3 rings (SSSR count). The van der Waals surface area contributed by atoms with Gasteiger partial charge in [-0.3, -0.25) is 15.2 Å². The van der Waals surface area contributed by atoms with Crippen molar-refractivity contribution in [2.75, 3.05) is 18.0 Å². The highest BCUT2D eigenvalue weighted by atomic mass is 16.6. The molecule has 1 aromatic carbocycles. The minimum atomic E-state index is -0.436. The number of aromatic nitrogens is 3. The Bertz CT molecular complexity index is 721. The molecule has 0 bridgehead atoms. The molecule has 0 spiro atoms. The van der Waals surface area contributed by atoms with E-state index in [1.165, 1.54) is 12.4 Å². The molecule has 1 saturated heterocycles. The maximum atomic E-state index is 11.3. The lowest BCUT2D eigenvalue weighted by Crippen LogP contribution is -2.35. The van der Waals surface area contributed by atoms with E-state index in [1.807, 2.05) is 11.0 Å². The average Bonchev–Trinajstić information content (AvgIpc) is 3.09. The van der Waals surface area contributed by atoms with E-state index in [0.29, 0.717) is 17.8 Å². The van der Waals surface area contributed by atoms with Gasteiger partial charge in [0.15, 0.2) is 0 Å². The molecule has 8 nitrogen and oxygen atoms in total. The molecule has 112 valence electrons. The predicted octanol–water partition coefficient (Wildman–Crippen LogP) is 1.97. The number of nitro groups is 1. The molecule has 1 aliphatic heterocycles. The normalized spacial score (nSPS) is 18.0. The summed E-state index contributed by atoms with van der Waals surface area (Å²) >= 11 is 0. The van der Waals surface area contributed by atoms with Crippen LogP contribution in [0.4, 0.5) is 11.4 Å². The molecule has 2 heterocycles. The molecule has 1 atom stereocenters. The summed E-state index contributed by atoms with van der Waals surface area (Å²) < 4.78 is 0. The molecule has 2 aromatic rings. The summed E-state index contributed by atoms with van der Waals surface area (Å²) in [5.74, 6) is 0.979. The molecule has 0 radical (unpaired) electrons. The van der Waals surface area contributed by atoms with Crippen molar-refractivity contribution in [3.63, 3.8) is 0 Å². The van der Waals surface area contributed by atoms with Gasteiger partial charge in [0.2, 0.25) is 0 Å². The first kappa shape index (κ1) is 14.0. The number of nitrogens with zero attached hydrogens (tertiary/aromatic N) is 5. The van der Waals surface area contributed by atoms with Crippen LogP contribution < -0.4 is 4.90 Å². The van der Waals surface area contributed by atoms with Gasteiger partial charge in [-0.1, -0.05) is 0 Å². The fourth-order valence-corrected chi connectivity index (χ4v) is 2.84. The van der Waals surface area contributed by atoms with E-state index in [0.717, 1.165) is 25.2 Å². The Hall–Kier alpha value is -2.95. The number of hydrogen-bond donors (Lipinski definition) is 1. The van der Waals surface area contributed by atoms with Crippen molar-refractivity contribution in [1.29, 1.82) is 5.26 Å². The highest BCUT2D eigenvalue weighted by Gasteiger charge is 2.27. The van der Waals surface area contributed by atoms with Crippen LogP contribution >= 0.6 is 0 Å². The van der Waals surface area contributed by atoms with Crippen LogP contribution in [0.25, 0.3) is 0 Å². The molecular formula is C14H14N6O2. The number of piperidine rings is 1. The molecular weight excluding hydrogens is 284 g/mol. The third kappa shape index (κ3) is 2.61. The molecule has 22 heavy (non-hydrogen) atoms. The van der Waals surface area contributed by atoms with E-state index < -0.39 is 4.92 Å². The molecule has 0 unspecified atom stereocenters. The summed E-state index contributed by atoms with van der Waals surface area (Å²) in [5.41, 5.74) is 0.810. The Labute approximate surface area is 126 Å². The van der Waals surface area contributed by atoms with E-state index >= 15 is 0 Å². The average molecular weight is 298 g/mol. The highest BCUT2D eigenvalue weighted by Crippen LogP contribution is 2.34. The number of rotatable bonds is 3. The second-order valence-electron chi connectivity index (χ2n) is 5.23. The standard InChI is InChI=1S/C14H14N6O2/c15-7-10-3-4-12(13(6-10)20(21)22)19-5-1-2-11(8-19)14-16-9-17-18-14/h3-4,6,9,11H,1-2,5,8H2,(H,16,17,18)/t11-/m1/s1. The van der Waals surface area contributed by atoms with Crippen molar-refractivity contribution in [3.05, 3.63) is 46.0 Å². The van der Waals surface area contributed by atoms with Crippen LogP contribution in [0.2, 0.25) is 0 Å². The summed E-state index contributed by atoms with van der Waals surface area (Å²) in [7, 11) is 0. The molecule has 0 amide bonds. The third-order valence-corrected chi connectivity index (χ3v) is 3.88. The summed E-state index contributed by atoms with van der Waals surface area (Å²) in [6.07, 6.45) is 3.36. The second kappa shape index (κ2) is 5.81. The number of nitrogens with one attached hydrogen (secondary N) is 1. The molecule has 1 aliphatic rings. The van der Waals surface area contributed by atoms with E-state index in [-0.39, 0.29) is 11.6 Å². The van der Waals surface area contributed by atoms with Crippen LogP contribution in [0, 0.1) is 21.4 Å². The Balaban J connectivity index is 1.90. The third-order valence-electron chi connectivity index (χ3n) is 3.88. The lowest BCUT2D eigenvalue weighted by Gasteiger charge is -2.33. The van der Waals surface area contributed by atoms with Crippen LogP contribution in [0.1, 0.15) is 30.1 Å². The van der Waals surface area contributed by atoms with Gasteiger partial charge in [-0.25, -0.2) is 4.98 Å². The molecule has 1 N–H and O–H groups in total. The number of nitriles is 1. The first-order valence-corrected chi connectivity index (χ1v) is 6.98. The quantitative estimate of drug-likeness (QED) is 0.684. The Morgan fingerprint density at radius 2 is 2.36 bits per heavy atom. The van der Waals surface area contributed by atoms with E-state index in [9.17, 15) is 10.1 Å². The van der Waals surface area contributed by atoms with Gasteiger partial charge in [0, 0.05) is 25.1 Å². The number of aromatic amines is 1. The zero-order valence-corrected chi connectivity index (χ0v) is 11.8. The summed E-state index contributed by atoms with van der Waals surface area (Å²) in [6, 6.07) is 6.53. The van der Waals surface area contributed by atoms with Crippen molar-refractivity contribution < 1.29 is 4.92 Å². The van der Waals surface area contributed by atoms with Crippen molar-refractivity contribution in [2.45, 2.75) is 18.8 Å². The van der Waals surface area contributed by atoms with Crippen molar-refractivity contribution in [3.8, 4) is 6.07 Å². The lowest BCUT2D eigenvalue weighted by molar-refractivity contribution is -0.384. The predicted molar refractivity (Wildman–Crippen MR) is 78.4 cm³/mol. The van der Waals surface area contributed by atoms with E-state index in [1.54, 1.807) is 12.1 Å². The molecule has 1 fully saturated rings. The van der Waals surface area contributed by atoms with Crippen LogP contribution in [-0.2, 0) is 0 Å². The van der Waals surface area contributed by atoms with Gasteiger partial charge in [-0.05, 0) is 25.0 Å². The first-order valence-electron chi connectivity index (χ1n) is 6.98. The van der Waals surface area contributed by atoms with Crippen LogP contribution in [0.3, 0.4) is 0 Å². The van der Waals surface area contributed by atoms with Gasteiger partial charge in [0.1, 0.15) is 17.8 Å². The Morgan fingerprint density at radius 3 is 3.05 bits per heavy atom. The van der Waals surface area contributed by atoms with E-state index in [2.05, 4.69) is 15.2 Å². The molecule has 1 aromatic heterocycles. The molecule has 8 heteroatoms. The topological polar surface area (TPSA) is 112 Å². The Kier molecular flexibility index (Phi) is 3.70. The fourth-order valence-electron chi connectivity index (χ4n) is 2.84. The number of benzene rings is 1. The Morgan fingerprint density at radius 1 is 1.50 bits per heavy atom. The second-order valence-corrected chi connectivity index (χ2v) is 5.23. The fraction of sp³-hybridized carbons (Fsp3) is 0.357. The van der Waals surface area contributed by atoms with Gasteiger partial charge >= 0.3 is 0 Å². The summed E-state index contributed by atoms with van der Waals surface area (Å²) in [4.78, 5) is 17.0. The largest absolute Gasteiger partial charge is 0.365 e. The number of anilines is 1. The smallest absolute Gasteiger partial charge is 0.293 e. The highest BCUT2D eigenvalue weighted by molar-refractivity contribution is 5.66. The molecule has 0 saturated carbocycles. The van der Waals surface area contributed by atoms with Gasteiger partial charge in [-0.2, -0.15) is 10.4 Å². The van der Waals surface area contributed by atoms with Gasteiger partial charge in [0.25, 0.3) is 5.69 Å². The van der Waals surface area contributed by atoms with E-state index in [4.69, 9.17) is 5.26 Å². The van der Waals surface area contributed by atoms with Crippen molar-refractivity contribution in [2.24, 2.45) is 0 Å². The SMILES string of the molecule is N#Cc1ccc(N2CCC[C@@H](c3ncn[nH]3)C2)c([N+](=O)[O-])c1. The number of nitro benzene ring substituents is 1. The van der Waals surface area contributed by atoms with Gasteiger partial charge in [-0.15, -0.1) is 0 Å². The minimum Gasteiger partial charge on any atom is -0.365 e. The number of H-pyrrole nitrogens is 1. The first-order chi connectivity index (χ1) is 10.7.